The highest BCUT2D eigenvalue weighted by atomic mass is 31.0. The van der Waals surface area contributed by atoms with Crippen molar-refractivity contribution in [3.05, 3.63) is 34.4 Å². The summed E-state index contributed by atoms with van der Waals surface area (Å²) in [6, 6.07) is 3.77. The Morgan fingerprint density at radius 3 is 2.00 bits per heavy atom. The number of benzene rings is 1. The lowest BCUT2D eigenvalue weighted by molar-refractivity contribution is 0.0662. The molecule has 1 atom stereocenters. The number of carbonyl (C=O) groups is 2. The summed E-state index contributed by atoms with van der Waals surface area (Å²) in [6.45, 7) is 5.60. The molecular formula is C11H13O3P. The van der Waals surface area contributed by atoms with Crippen LogP contribution in [0.5, 0.6) is 0 Å². The minimum Gasteiger partial charge on any atom is -0.387 e. The average molecular weight is 224 g/mol. The van der Waals surface area contributed by atoms with Gasteiger partial charge in [0.2, 0.25) is 0 Å². The Hall–Kier alpha value is -1.21. The van der Waals surface area contributed by atoms with Crippen molar-refractivity contribution in [1.82, 2.24) is 0 Å². The summed E-state index contributed by atoms with van der Waals surface area (Å²) in [5.41, 5.74) is 2.53. The maximum atomic E-state index is 11.6. The quantitative estimate of drug-likeness (QED) is 0.418. The molecule has 0 aliphatic rings. The molecular weight excluding hydrogens is 211 g/mol. The molecule has 0 spiro atoms. The van der Waals surface area contributed by atoms with Gasteiger partial charge < -0.3 is 4.74 Å². The van der Waals surface area contributed by atoms with Crippen LogP contribution in [-0.2, 0) is 4.74 Å². The molecule has 0 radical (unpaired) electrons. The standard InChI is InChI=1S/C11H13O3P/c1-6-4-7(2)9(8(3)5-6)10(12)14-11(13)15/h4-5H,15H2,1-3H3. The topological polar surface area (TPSA) is 43.4 Å². The zero-order chi connectivity index (χ0) is 11.6. The number of rotatable bonds is 1. The molecule has 0 amide bonds. The predicted molar refractivity (Wildman–Crippen MR) is 61.2 cm³/mol. The number of esters is 1. The lowest BCUT2D eigenvalue weighted by atomic mass is 10.0. The van der Waals surface area contributed by atoms with E-state index in [1.807, 2.05) is 42.1 Å². The number of ether oxygens (including phenoxy) is 1. The van der Waals surface area contributed by atoms with E-state index in [1.54, 1.807) is 0 Å². The van der Waals surface area contributed by atoms with Gasteiger partial charge >= 0.3 is 11.7 Å². The van der Waals surface area contributed by atoms with Crippen molar-refractivity contribution in [1.29, 1.82) is 0 Å². The van der Waals surface area contributed by atoms with Gasteiger partial charge in [0.1, 0.15) is 0 Å². The number of aryl methyl sites for hydroxylation is 3. The number of hydrogen-bond donors (Lipinski definition) is 0. The van der Waals surface area contributed by atoms with Gasteiger partial charge in [-0.3, -0.25) is 0 Å². The summed E-state index contributed by atoms with van der Waals surface area (Å²) in [7, 11) is 1.81. The fourth-order valence-electron chi connectivity index (χ4n) is 1.64. The largest absolute Gasteiger partial charge is 0.387 e. The van der Waals surface area contributed by atoms with Crippen LogP contribution in [0.2, 0.25) is 0 Å². The van der Waals surface area contributed by atoms with E-state index in [1.165, 1.54) is 0 Å². The normalized spacial score (nSPS) is 9.87. The SMILES string of the molecule is Cc1cc(C)c(C(=O)OC(=O)P)c(C)c1. The first kappa shape index (κ1) is 11.9. The minimum atomic E-state index is -0.667. The zero-order valence-corrected chi connectivity index (χ0v) is 10.1. The van der Waals surface area contributed by atoms with E-state index in [2.05, 4.69) is 4.74 Å². The Kier molecular flexibility index (Phi) is 3.59. The van der Waals surface area contributed by atoms with Crippen molar-refractivity contribution in [2.75, 3.05) is 0 Å². The van der Waals surface area contributed by atoms with E-state index < -0.39 is 11.7 Å². The lowest BCUT2D eigenvalue weighted by Gasteiger charge is -2.08. The van der Waals surface area contributed by atoms with E-state index in [-0.39, 0.29) is 0 Å². The van der Waals surface area contributed by atoms with Crippen molar-refractivity contribution >= 4 is 20.9 Å². The second kappa shape index (κ2) is 4.54. The van der Waals surface area contributed by atoms with E-state index in [0.717, 1.165) is 16.7 Å². The zero-order valence-electron chi connectivity index (χ0n) is 8.96. The Bertz CT molecular complexity index is 401. The highest BCUT2D eigenvalue weighted by Crippen LogP contribution is 2.17. The molecule has 1 rings (SSSR count). The highest BCUT2D eigenvalue weighted by molar-refractivity contribution is 7.39. The Labute approximate surface area is 91.0 Å². The maximum Gasteiger partial charge on any atom is 0.346 e. The molecule has 0 N–H and O–H groups in total. The van der Waals surface area contributed by atoms with E-state index >= 15 is 0 Å². The third-order valence-corrected chi connectivity index (χ3v) is 2.19. The van der Waals surface area contributed by atoms with Gasteiger partial charge in [0, 0.05) is 0 Å². The summed E-state index contributed by atoms with van der Waals surface area (Å²) >= 11 is 0. The summed E-state index contributed by atoms with van der Waals surface area (Å²) < 4.78 is 4.52. The molecule has 0 fully saturated rings. The van der Waals surface area contributed by atoms with Crippen LogP contribution in [0.4, 0.5) is 4.79 Å². The first-order valence-electron chi connectivity index (χ1n) is 4.51. The molecule has 0 aromatic heterocycles. The summed E-state index contributed by atoms with van der Waals surface area (Å²) in [4.78, 5) is 22.2. The van der Waals surface area contributed by atoms with Gasteiger partial charge in [0.05, 0.1) is 5.56 Å². The van der Waals surface area contributed by atoms with Crippen LogP contribution >= 0.6 is 9.24 Å². The van der Waals surface area contributed by atoms with Gasteiger partial charge in [0.25, 0.3) is 0 Å². The molecule has 1 aromatic carbocycles. The Morgan fingerprint density at radius 1 is 1.13 bits per heavy atom. The smallest absolute Gasteiger partial charge is 0.346 e. The molecule has 0 bridgehead atoms. The second-order valence-electron chi connectivity index (χ2n) is 3.48. The number of carbonyl (C=O) groups excluding carboxylic acids is 2. The van der Waals surface area contributed by atoms with Gasteiger partial charge in [-0.25, -0.2) is 9.59 Å². The third kappa shape index (κ3) is 2.87. The van der Waals surface area contributed by atoms with Crippen molar-refractivity contribution in [2.45, 2.75) is 20.8 Å². The molecule has 15 heavy (non-hydrogen) atoms. The monoisotopic (exact) mass is 224 g/mol. The maximum absolute atomic E-state index is 11.6. The predicted octanol–water partition coefficient (Wildman–Crippen LogP) is 2.76. The second-order valence-corrected chi connectivity index (χ2v) is 3.95. The van der Waals surface area contributed by atoms with Crippen molar-refractivity contribution in [3.63, 3.8) is 0 Å². The van der Waals surface area contributed by atoms with Crippen LogP contribution in [0, 0.1) is 20.8 Å². The van der Waals surface area contributed by atoms with Crippen LogP contribution in [-0.4, -0.2) is 11.7 Å². The van der Waals surface area contributed by atoms with Gasteiger partial charge in [-0.15, -0.1) is 0 Å². The third-order valence-electron chi connectivity index (χ3n) is 2.07. The van der Waals surface area contributed by atoms with Crippen molar-refractivity contribution < 1.29 is 14.3 Å². The molecule has 0 aliphatic carbocycles. The van der Waals surface area contributed by atoms with Crippen LogP contribution in [0.3, 0.4) is 0 Å². The van der Waals surface area contributed by atoms with Crippen molar-refractivity contribution in [2.24, 2.45) is 0 Å². The van der Waals surface area contributed by atoms with Gasteiger partial charge in [0.15, 0.2) is 0 Å². The fraction of sp³-hybridized carbons (Fsp3) is 0.273. The molecule has 0 aliphatic heterocycles. The molecule has 3 nitrogen and oxygen atoms in total. The summed E-state index contributed by atoms with van der Waals surface area (Å²) in [5.74, 6) is -0.593. The highest BCUT2D eigenvalue weighted by Gasteiger charge is 2.15. The van der Waals surface area contributed by atoms with Gasteiger partial charge in [-0.05, 0) is 41.1 Å². The van der Waals surface area contributed by atoms with Gasteiger partial charge in [-0.1, -0.05) is 17.7 Å². The molecule has 1 aromatic rings. The van der Waals surface area contributed by atoms with E-state index in [4.69, 9.17) is 0 Å². The molecule has 1 unspecified atom stereocenters. The molecule has 0 heterocycles. The summed E-state index contributed by atoms with van der Waals surface area (Å²) in [6.07, 6.45) is 0. The first-order chi connectivity index (χ1) is 6.91. The van der Waals surface area contributed by atoms with Crippen molar-refractivity contribution in [3.8, 4) is 0 Å². The van der Waals surface area contributed by atoms with Crippen LogP contribution in [0.1, 0.15) is 27.0 Å². The van der Waals surface area contributed by atoms with E-state index in [0.29, 0.717) is 5.56 Å². The lowest BCUT2D eigenvalue weighted by Crippen LogP contribution is -2.10. The summed E-state index contributed by atoms with van der Waals surface area (Å²) in [5, 5.41) is 0. The molecule has 0 saturated heterocycles. The number of hydrogen-bond acceptors (Lipinski definition) is 3. The van der Waals surface area contributed by atoms with E-state index in [9.17, 15) is 9.59 Å². The average Bonchev–Trinajstić information content (AvgIpc) is 1.99. The fourth-order valence-corrected chi connectivity index (χ4v) is 1.75. The molecule has 0 saturated carbocycles. The first-order valence-corrected chi connectivity index (χ1v) is 5.09. The van der Waals surface area contributed by atoms with Crippen LogP contribution in [0.25, 0.3) is 0 Å². The molecule has 4 heteroatoms. The van der Waals surface area contributed by atoms with Gasteiger partial charge in [-0.2, -0.15) is 0 Å². The minimum absolute atomic E-state index is 0.469. The Balaban J connectivity index is 3.14. The van der Waals surface area contributed by atoms with Crippen LogP contribution < -0.4 is 0 Å². The molecule has 80 valence electrons. The Morgan fingerprint density at radius 2 is 1.60 bits per heavy atom. The van der Waals surface area contributed by atoms with Crippen LogP contribution in [0.15, 0.2) is 12.1 Å².